The molecule has 1 saturated carbocycles. The van der Waals surface area contributed by atoms with Gasteiger partial charge in [0.05, 0.1) is 16.9 Å². The van der Waals surface area contributed by atoms with E-state index in [4.69, 9.17) is 10.8 Å². The van der Waals surface area contributed by atoms with Crippen molar-refractivity contribution in [3.8, 4) is 0 Å². The molecule has 0 radical (unpaired) electrons. The molecule has 0 bridgehead atoms. The van der Waals surface area contributed by atoms with Gasteiger partial charge in [-0.1, -0.05) is 20.8 Å². The van der Waals surface area contributed by atoms with Gasteiger partial charge in [0.2, 0.25) is 0 Å². The van der Waals surface area contributed by atoms with Crippen LogP contribution in [0.15, 0.2) is 12.1 Å². The Kier molecular flexibility index (Phi) is 4.17. The molecule has 0 aromatic heterocycles. The van der Waals surface area contributed by atoms with E-state index in [0.29, 0.717) is 28.6 Å². The fourth-order valence-corrected chi connectivity index (χ4v) is 3.76. The van der Waals surface area contributed by atoms with Gasteiger partial charge in [0, 0.05) is 6.04 Å². The third-order valence-corrected chi connectivity index (χ3v) is 4.49. The van der Waals surface area contributed by atoms with Crippen LogP contribution in [0.4, 0.5) is 11.4 Å². The molecule has 21 heavy (non-hydrogen) atoms. The summed E-state index contributed by atoms with van der Waals surface area (Å²) in [5.74, 6) is -0.245. The van der Waals surface area contributed by atoms with E-state index in [1.54, 1.807) is 19.1 Å². The summed E-state index contributed by atoms with van der Waals surface area (Å²) in [6.45, 7) is 8.66. The van der Waals surface area contributed by atoms with Crippen molar-refractivity contribution in [2.45, 2.75) is 53.0 Å². The van der Waals surface area contributed by atoms with Gasteiger partial charge in [-0.2, -0.15) is 0 Å². The maximum atomic E-state index is 11.1. The molecule has 0 amide bonds. The van der Waals surface area contributed by atoms with Crippen molar-refractivity contribution in [1.82, 2.24) is 0 Å². The standard InChI is InChI=1S/C17H26N2O2/c1-10-7-12(9-17(3,4)8-10)19-14-6-5-13(16(20)21)11(2)15(14)18/h5-6,10,12,19H,7-9,18H2,1-4H3,(H,20,21). The van der Waals surface area contributed by atoms with Gasteiger partial charge >= 0.3 is 5.97 Å². The molecule has 1 aromatic carbocycles. The second kappa shape index (κ2) is 5.58. The van der Waals surface area contributed by atoms with E-state index in [0.717, 1.165) is 18.5 Å². The van der Waals surface area contributed by atoms with Crippen LogP contribution in [0.25, 0.3) is 0 Å². The van der Waals surface area contributed by atoms with E-state index in [1.165, 1.54) is 6.42 Å². The number of aromatic carboxylic acids is 1. The SMILES string of the molecule is Cc1c(C(=O)O)ccc(NC2CC(C)CC(C)(C)C2)c1N. The van der Waals surface area contributed by atoms with Crippen LogP contribution in [-0.2, 0) is 0 Å². The highest BCUT2D eigenvalue weighted by Crippen LogP contribution is 2.40. The Morgan fingerprint density at radius 1 is 1.38 bits per heavy atom. The minimum Gasteiger partial charge on any atom is -0.478 e. The summed E-state index contributed by atoms with van der Waals surface area (Å²) in [5, 5.41) is 12.7. The van der Waals surface area contributed by atoms with Crippen molar-refractivity contribution >= 4 is 17.3 Å². The first-order chi connectivity index (χ1) is 9.69. The second-order valence-electron chi connectivity index (χ2n) is 7.26. The summed E-state index contributed by atoms with van der Waals surface area (Å²) in [6.07, 6.45) is 3.48. The van der Waals surface area contributed by atoms with E-state index in [9.17, 15) is 4.79 Å². The van der Waals surface area contributed by atoms with Gasteiger partial charge in [-0.15, -0.1) is 0 Å². The van der Waals surface area contributed by atoms with Crippen molar-refractivity contribution in [3.63, 3.8) is 0 Å². The van der Waals surface area contributed by atoms with Gasteiger partial charge < -0.3 is 16.2 Å². The van der Waals surface area contributed by atoms with Crippen LogP contribution in [-0.4, -0.2) is 17.1 Å². The van der Waals surface area contributed by atoms with Gasteiger partial charge in [0.1, 0.15) is 0 Å². The van der Waals surface area contributed by atoms with Crippen LogP contribution in [0.3, 0.4) is 0 Å². The zero-order valence-corrected chi connectivity index (χ0v) is 13.4. The third-order valence-electron chi connectivity index (χ3n) is 4.49. The van der Waals surface area contributed by atoms with E-state index in [-0.39, 0.29) is 5.56 Å². The third kappa shape index (κ3) is 3.49. The average molecular weight is 290 g/mol. The van der Waals surface area contributed by atoms with Crippen LogP contribution >= 0.6 is 0 Å². The first-order valence-corrected chi connectivity index (χ1v) is 7.58. The molecule has 0 aliphatic heterocycles. The topological polar surface area (TPSA) is 75.3 Å². The molecule has 0 spiro atoms. The highest BCUT2D eigenvalue weighted by atomic mass is 16.4. The van der Waals surface area contributed by atoms with Gasteiger partial charge in [-0.3, -0.25) is 0 Å². The smallest absolute Gasteiger partial charge is 0.336 e. The molecule has 2 rings (SSSR count). The number of benzene rings is 1. The fourth-order valence-electron chi connectivity index (χ4n) is 3.76. The minimum atomic E-state index is -0.932. The Labute approximate surface area is 126 Å². The number of carboxylic acids is 1. The van der Waals surface area contributed by atoms with Crippen molar-refractivity contribution in [1.29, 1.82) is 0 Å². The van der Waals surface area contributed by atoms with Crippen molar-refractivity contribution in [2.24, 2.45) is 11.3 Å². The zero-order chi connectivity index (χ0) is 15.8. The Bertz CT molecular complexity index is 552. The normalized spacial score (nSPS) is 24.6. The number of nitrogen functional groups attached to an aromatic ring is 1. The van der Waals surface area contributed by atoms with Gasteiger partial charge in [-0.25, -0.2) is 4.79 Å². The number of nitrogens with two attached hydrogens (primary N) is 1. The summed E-state index contributed by atoms with van der Waals surface area (Å²) >= 11 is 0. The predicted molar refractivity (Wildman–Crippen MR) is 86.8 cm³/mol. The lowest BCUT2D eigenvalue weighted by Crippen LogP contribution is -2.35. The molecule has 0 saturated heterocycles. The van der Waals surface area contributed by atoms with Crippen LogP contribution in [0, 0.1) is 18.3 Å². The Hall–Kier alpha value is -1.71. The molecule has 0 heterocycles. The number of hydrogen-bond acceptors (Lipinski definition) is 3. The van der Waals surface area contributed by atoms with E-state index in [2.05, 4.69) is 26.1 Å². The maximum Gasteiger partial charge on any atom is 0.336 e. The number of carboxylic acid groups (broad SMARTS) is 1. The number of hydrogen-bond donors (Lipinski definition) is 3. The lowest BCUT2D eigenvalue weighted by molar-refractivity contribution is 0.0696. The Balaban J connectivity index is 2.20. The van der Waals surface area contributed by atoms with Gasteiger partial charge in [0.15, 0.2) is 0 Å². The molecule has 1 aliphatic rings. The highest BCUT2D eigenvalue weighted by Gasteiger charge is 2.32. The molecular weight excluding hydrogens is 264 g/mol. The first-order valence-electron chi connectivity index (χ1n) is 7.58. The maximum absolute atomic E-state index is 11.1. The van der Waals surface area contributed by atoms with Crippen molar-refractivity contribution in [3.05, 3.63) is 23.3 Å². The molecule has 116 valence electrons. The number of nitrogens with one attached hydrogen (secondary N) is 1. The molecule has 4 heteroatoms. The lowest BCUT2D eigenvalue weighted by atomic mass is 9.70. The monoisotopic (exact) mass is 290 g/mol. The van der Waals surface area contributed by atoms with E-state index < -0.39 is 5.97 Å². The number of anilines is 2. The fraction of sp³-hybridized carbons (Fsp3) is 0.588. The van der Waals surface area contributed by atoms with Crippen molar-refractivity contribution in [2.75, 3.05) is 11.1 Å². The van der Waals surface area contributed by atoms with Gasteiger partial charge in [0.25, 0.3) is 0 Å². The minimum absolute atomic E-state index is 0.274. The average Bonchev–Trinajstić information content (AvgIpc) is 2.32. The number of rotatable bonds is 3. The highest BCUT2D eigenvalue weighted by molar-refractivity contribution is 5.93. The molecule has 2 atom stereocenters. The summed E-state index contributed by atoms with van der Waals surface area (Å²) in [4.78, 5) is 11.1. The molecule has 1 aliphatic carbocycles. The summed E-state index contributed by atoms with van der Waals surface area (Å²) in [7, 11) is 0. The quantitative estimate of drug-likeness (QED) is 0.738. The molecule has 1 aromatic rings. The molecular formula is C17H26N2O2. The van der Waals surface area contributed by atoms with Crippen LogP contribution in [0.1, 0.15) is 56.0 Å². The van der Waals surface area contributed by atoms with Crippen LogP contribution in [0.5, 0.6) is 0 Å². The molecule has 2 unspecified atom stereocenters. The largest absolute Gasteiger partial charge is 0.478 e. The van der Waals surface area contributed by atoms with Crippen molar-refractivity contribution < 1.29 is 9.90 Å². The molecule has 4 N–H and O–H groups in total. The van der Waals surface area contributed by atoms with Crippen LogP contribution < -0.4 is 11.1 Å². The molecule has 4 nitrogen and oxygen atoms in total. The molecule has 1 fully saturated rings. The first kappa shape index (κ1) is 15.7. The Morgan fingerprint density at radius 3 is 2.62 bits per heavy atom. The zero-order valence-electron chi connectivity index (χ0n) is 13.4. The predicted octanol–water partition coefficient (Wildman–Crippen LogP) is 3.90. The van der Waals surface area contributed by atoms with Gasteiger partial charge in [-0.05, 0) is 55.2 Å². The summed E-state index contributed by atoms with van der Waals surface area (Å²) in [5.41, 5.74) is 8.76. The summed E-state index contributed by atoms with van der Waals surface area (Å²) < 4.78 is 0. The van der Waals surface area contributed by atoms with E-state index in [1.807, 2.05) is 0 Å². The second-order valence-corrected chi connectivity index (χ2v) is 7.26. The van der Waals surface area contributed by atoms with E-state index >= 15 is 0 Å². The van der Waals surface area contributed by atoms with Crippen LogP contribution in [0.2, 0.25) is 0 Å². The lowest BCUT2D eigenvalue weighted by Gasteiger charge is -2.39. The number of carbonyl (C=O) groups is 1. The summed E-state index contributed by atoms with van der Waals surface area (Å²) in [6, 6.07) is 3.81. The Morgan fingerprint density at radius 2 is 2.05 bits per heavy atom.